The largest absolute Gasteiger partial charge is 0.493 e. The van der Waals surface area contributed by atoms with Crippen LogP contribution in [-0.4, -0.2) is 13.0 Å². The molecule has 0 fully saturated rings. The van der Waals surface area contributed by atoms with E-state index in [0.717, 1.165) is 36.6 Å². The zero-order valence-corrected chi connectivity index (χ0v) is 23.3. The molecule has 0 unspecified atom stereocenters. The van der Waals surface area contributed by atoms with E-state index >= 15 is 0 Å². The predicted molar refractivity (Wildman–Crippen MR) is 157 cm³/mol. The van der Waals surface area contributed by atoms with E-state index in [2.05, 4.69) is 59.1 Å². The Kier molecular flexibility index (Phi) is 8.14. The number of hydrogen-bond donors (Lipinski definition) is 1. The molecule has 0 spiro atoms. The van der Waals surface area contributed by atoms with E-state index in [9.17, 15) is 10.1 Å². The molecule has 0 atom stereocenters. The molecular formula is C31H27IN2O3. The van der Waals surface area contributed by atoms with Crippen LogP contribution in [0.5, 0.6) is 11.5 Å². The first-order valence-electron chi connectivity index (χ1n) is 11.8. The third-order valence-corrected chi connectivity index (χ3v) is 7.13. The Bertz CT molecular complexity index is 1570. The number of hydrogen-bond acceptors (Lipinski definition) is 4. The Balaban J connectivity index is 1.59. The van der Waals surface area contributed by atoms with Crippen molar-refractivity contribution in [2.24, 2.45) is 0 Å². The van der Waals surface area contributed by atoms with E-state index in [4.69, 9.17) is 9.47 Å². The van der Waals surface area contributed by atoms with Gasteiger partial charge in [-0.25, -0.2) is 0 Å². The van der Waals surface area contributed by atoms with Crippen molar-refractivity contribution in [3.8, 4) is 17.6 Å². The van der Waals surface area contributed by atoms with Gasteiger partial charge in [0, 0.05) is 11.3 Å². The third-order valence-electron chi connectivity index (χ3n) is 6.33. The molecule has 1 amide bonds. The average molecular weight is 602 g/mol. The summed E-state index contributed by atoms with van der Waals surface area (Å²) in [5.41, 5.74) is 5.78. The van der Waals surface area contributed by atoms with Gasteiger partial charge in [0.05, 0.1) is 10.7 Å². The van der Waals surface area contributed by atoms with Crippen molar-refractivity contribution in [1.29, 1.82) is 5.26 Å². The van der Waals surface area contributed by atoms with Crippen molar-refractivity contribution in [1.82, 2.24) is 0 Å². The van der Waals surface area contributed by atoms with E-state index in [0.29, 0.717) is 29.4 Å². The summed E-state index contributed by atoms with van der Waals surface area (Å²) < 4.78 is 12.7. The quantitative estimate of drug-likeness (QED) is 0.135. The number of nitrogens with one attached hydrogen (secondary N) is 1. The van der Waals surface area contributed by atoms with Crippen LogP contribution < -0.4 is 14.8 Å². The fourth-order valence-corrected chi connectivity index (χ4v) is 4.86. The summed E-state index contributed by atoms with van der Waals surface area (Å²) in [7, 11) is 1.58. The van der Waals surface area contributed by atoms with Gasteiger partial charge in [-0.2, -0.15) is 5.26 Å². The van der Waals surface area contributed by atoms with Crippen LogP contribution in [0.25, 0.3) is 16.8 Å². The highest BCUT2D eigenvalue weighted by Gasteiger charge is 2.15. The molecule has 186 valence electrons. The Morgan fingerprint density at radius 1 is 1.00 bits per heavy atom. The van der Waals surface area contributed by atoms with E-state index in [1.165, 1.54) is 0 Å². The van der Waals surface area contributed by atoms with Crippen LogP contribution in [0.4, 0.5) is 5.69 Å². The van der Waals surface area contributed by atoms with Gasteiger partial charge < -0.3 is 14.8 Å². The second-order valence-corrected chi connectivity index (χ2v) is 9.99. The Labute approximate surface area is 230 Å². The molecule has 0 bridgehead atoms. The number of methoxy groups -OCH3 is 1. The molecule has 0 aliphatic heterocycles. The summed E-state index contributed by atoms with van der Waals surface area (Å²) >= 11 is 2.19. The molecule has 4 aromatic rings. The summed E-state index contributed by atoms with van der Waals surface area (Å²) in [6.45, 7) is 6.45. The number of aryl methyl sites for hydroxylation is 3. The first kappa shape index (κ1) is 26.2. The lowest BCUT2D eigenvalue weighted by atomic mass is 10.0. The van der Waals surface area contributed by atoms with Gasteiger partial charge in [0.15, 0.2) is 11.5 Å². The second kappa shape index (κ2) is 11.5. The minimum absolute atomic E-state index is 0.00358. The smallest absolute Gasteiger partial charge is 0.266 e. The summed E-state index contributed by atoms with van der Waals surface area (Å²) in [6.07, 6.45) is 1.56. The molecule has 0 saturated carbocycles. The molecule has 0 heterocycles. The van der Waals surface area contributed by atoms with Gasteiger partial charge in [0.25, 0.3) is 5.91 Å². The molecular weight excluding hydrogens is 575 g/mol. The topological polar surface area (TPSA) is 71.3 Å². The number of carbonyl (C=O) groups excluding carboxylic acids is 1. The predicted octanol–water partition coefficient (Wildman–Crippen LogP) is 7.50. The van der Waals surface area contributed by atoms with Crippen LogP contribution in [0.2, 0.25) is 0 Å². The average Bonchev–Trinajstić information content (AvgIpc) is 2.89. The molecule has 4 aromatic carbocycles. The maximum atomic E-state index is 12.8. The number of ether oxygens (including phenoxy) is 2. The fraction of sp³-hybridized carbons (Fsp3) is 0.161. The van der Waals surface area contributed by atoms with Crippen LogP contribution in [0, 0.1) is 35.7 Å². The van der Waals surface area contributed by atoms with Crippen molar-refractivity contribution in [3.05, 3.63) is 104 Å². The highest BCUT2D eigenvalue weighted by atomic mass is 127. The zero-order chi connectivity index (χ0) is 26.5. The molecule has 0 saturated heterocycles. The van der Waals surface area contributed by atoms with E-state index in [1.54, 1.807) is 19.3 Å². The lowest BCUT2D eigenvalue weighted by Crippen LogP contribution is -2.13. The molecule has 4 rings (SSSR count). The number of anilines is 1. The summed E-state index contributed by atoms with van der Waals surface area (Å²) in [4.78, 5) is 12.8. The van der Waals surface area contributed by atoms with Gasteiger partial charge in [-0.15, -0.1) is 0 Å². The molecule has 0 aromatic heterocycles. The number of fused-ring (bicyclic) bond motifs is 1. The van der Waals surface area contributed by atoms with Gasteiger partial charge in [-0.3, -0.25) is 4.79 Å². The maximum Gasteiger partial charge on any atom is 0.266 e. The number of halogens is 1. The summed E-state index contributed by atoms with van der Waals surface area (Å²) in [6, 6.07) is 23.8. The van der Waals surface area contributed by atoms with Crippen molar-refractivity contribution in [3.63, 3.8) is 0 Å². The van der Waals surface area contributed by atoms with Crippen LogP contribution in [0.15, 0.2) is 72.3 Å². The summed E-state index contributed by atoms with van der Waals surface area (Å²) in [5, 5.41) is 14.8. The zero-order valence-electron chi connectivity index (χ0n) is 21.2. The van der Waals surface area contributed by atoms with Crippen molar-refractivity contribution in [2.75, 3.05) is 12.4 Å². The van der Waals surface area contributed by atoms with Gasteiger partial charge in [-0.05, 0) is 107 Å². The standard InChI is InChI=1S/C31H27IN2O3/c1-19-10-12-25(13-21(19)3)34-31(35)24(17-33)14-22-15-28(32)30(29(16-22)36-4)37-18-27-20(2)9-11-23-7-5-6-8-26(23)27/h5-16H,18H2,1-4H3,(H,34,35)/b24-14+. The molecule has 1 N–H and O–H groups in total. The molecule has 6 heteroatoms. The number of nitrogens with zero attached hydrogens (tertiary/aromatic N) is 1. The number of benzene rings is 4. The summed E-state index contributed by atoms with van der Waals surface area (Å²) in [5.74, 6) is 0.681. The van der Waals surface area contributed by atoms with E-state index in [-0.39, 0.29) is 5.57 Å². The maximum absolute atomic E-state index is 12.8. The van der Waals surface area contributed by atoms with E-state index < -0.39 is 5.91 Å². The number of rotatable bonds is 7. The van der Waals surface area contributed by atoms with Gasteiger partial charge in [0.1, 0.15) is 18.2 Å². The molecule has 37 heavy (non-hydrogen) atoms. The van der Waals surface area contributed by atoms with Crippen molar-refractivity contribution in [2.45, 2.75) is 27.4 Å². The number of amides is 1. The molecule has 5 nitrogen and oxygen atoms in total. The number of nitriles is 1. The van der Waals surface area contributed by atoms with Crippen LogP contribution in [-0.2, 0) is 11.4 Å². The second-order valence-electron chi connectivity index (χ2n) is 8.83. The Morgan fingerprint density at radius 2 is 1.76 bits per heavy atom. The van der Waals surface area contributed by atoms with Crippen LogP contribution in [0.1, 0.15) is 27.8 Å². The van der Waals surface area contributed by atoms with Gasteiger partial charge >= 0.3 is 0 Å². The lowest BCUT2D eigenvalue weighted by Gasteiger charge is -2.16. The Hall–Kier alpha value is -3.83. The monoisotopic (exact) mass is 602 g/mol. The first-order chi connectivity index (χ1) is 17.8. The lowest BCUT2D eigenvalue weighted by molar-refractivity contribution is -0.112. The fourth-order valence-electron chi connectivity index (χ4n) is 4.08. The molecule has 0 radical (unpaired) electrons. The minimum atomic E-state index is -0.466. The van der Waals surface area contributed by atoms with Crippen molar-refractivity contribution < 1.29 is 14.3 Å². The van der Waals surface area contributed by atoms with Crippen LogP contribution >= 0.6 is 22.6 Å². The van der Waals surface area contributed by atoms with Crippen LogP contribution in [0.3, 0.4) is 0 Å². The minimum Gasteiger partial charge on any atom is -0.493 e. The third kappa shape index (κ3) is 5.95. The van der Waals surface area contributed by atoms with Gasteiger partial charge in [-0.1, -0.05) is 42.5 Å². The molecule has 0 aliphatic rings. The molecule has 0 aliphatic carbocycles. The first-order valence-corrected chi connectivity index (χ1v) is 12.9. The normalized spacial score (nSPS) is 11.2. The van der Waals surface area contributed by atoms with Gasteiger partial charge in [0.2, 0.25) is 0 Å². The number of carbonyl (C=O) groups is 1. The highest BCUT2D eigenvalue weighted by Crippen LogP contribution is 2.36. The van der Waals surface area contributed by atoms with E-state index in [1.807, 2.05) is 56.3 Å². The Morgan fingerprint density at radius 3 is 2.49 bits per heavy atom. The highest BCUT2D eigenvalue weighted by molar-refractivity contribution is 14.1. The SMILES string of the molecule is COc1cc(/C=C(\C#N)C(=O)Nc2ccc(C)c(C)c2)cc(I)c1OCc1c(C)ccc2ccccc12. The van der Waals surface area contributed by atoms with Crippen molar-refractivity contribution >= 4 is 51.0 Å².